The first kappa shape index (κ1) is 14.2. The number of aryl methyl sites for hydroxylation is 1. The molecule has 0 bridgehead atoms. The van der Waals surface area contributed by atoms with Crippen LogP contribution in [0.3, 0.4) is 0 Å². The Morgan fingerprint density at radius 1 is 1.24 bits per heavy atom. The van der Waals surface area contributed by atoms with Crippen molar-refractivity contribution < 1.29 is 19.2 Å². The third kappa shape index (κ3) is 2.71. The Labute approximate surface area is 124 Å². The number of nitrogens with zero attached hydrogens (tertiary/aromatic N) is 1. The van der Waals surface area contributed by atoms with Crippen LogP contribution < -0.4 is 9.80 Å². The Bertz CT molecular complexity index is 565. The van der Waals surface area contributed by atoms with Crippen molar-refractivity contribution in [1.29, 1.82) is 0 Å². The number of anilines is 1. The van der Waals surface area contributed by atoms with E-state index in [9.17, 15) is 9.59 Å². The highest BCUT2D eigenvalue weighted by atomic mass is 16.5. The van der Waals surface area contributed by atoms with Crippen LogP contribution in [0.5, 0.6) is 0 Å². The molecule has 1 amide bonds. The lowest BCUT2D eigenvalue weighted by Crippen LogP contribution is -3.14. The summed E-state index contributed by atoms with van der Waals surface area (Å²) in [6.07, 6.45) is 0.868. The average molecular weight is 289 g/mol. The Balaban J connectivity index is 1.74. The monoisotopic (exact) mass is 289 g/mol. The highest BCUT2D eigenvalue weighted by molar-refractivity contribution is 6.52. The molecule has 2 aliphatic heterocycles. The largest absolute Gasteiger partial charge is 0.370 e. The molecule has 5 heteroatoms. The summed E-state index contributed by atoms with van der Waals surface area (Å²) < 4.78 is 5.34. The molecule has 1 aromatic rings. The van der Waals surface area contributed by atoms with Crippen LogP contribution in [-0.4, -0.2) is 51.1 Å². The molecular weight excluding hydrogens is 268 g/mol. The van der Waals surface area contributed by atoms with E-state index in [0.29, 0.717) is 12.1 Å². The van der Waals surface area contributed by atoms with Crippen molar-refractivity contribution in [1.82, 2.24) is 0 Å². The SMILES string of the molecule is CCc1ccc2c(c1)C(=O)C(=O)N2CC[NH+]1CCOCC1. The van der Waals surface area contributed by atoms with Crippen molar-refractivity contribution in [3.63, 3.8) is 0 Å². The molecule has 1 N–H and O–H groups in total. The summed E-state index contributed by atoms with van der Waals surface area (Å²) in [5, 5.41) is 0. The zero-order valence-electron chi connectivity index (χ0n) is 12.4. The van der Waals surface area contributed by atoms with Crippen molar-refractivity contribution in [2.45, 2.75) is 13.3 Å². The molecule has 0 aliphatic carbocycles. The van der Waals surface area contributed by atoms with Crippen LogP contribution in [0.4, 0.5) is 5.69 Å². The maximum Gasteiger partial charge on any atom is 0.299 e. The number of quaternary nitrogens is 1. The van der Waals surface area contributed by atoms with E-state index < -0.39 is 0 Å². The maximum atomic E-state index is 12.2. The molecule has 0 saturated carbocycles. The van der Waals surface area contributed by atoms with E-state index in [0.717, 1.165) is 50.5 Å². The van der Waals surface area contributed by atoms with Crippen molar-refractivity contribution in [2.24, 2.45) is 0 Å². The van der Waals surface area contributed by atoms with Gasteiger partial charge in [0.15, 0.2) is 0 Å². The third-order valence-electron chi connectivity index (χ3n) is 4.33. The first-order valence-corrected chi connectivity index (χ1v) is 7.61. The molecule has 1 aromatic carbocycles. The van der Waals surface area contributed by atoms with E-state index in [4.69, 9.17) is 4.74 Å². The average Bonchev–Trinajstić information content (AvgIpc) is 2.77. The summed E-state index contributed by atoms with van der Waals surface area (Å²) in [5.41, 5.74) is 2.43. The van der Waals surface area contributed by atoms with Gasteiger partial charge in [0.25, 0.3) is 11.7 Å². The van der Waals surface area contributed by atoms with E-state index in [-0.39, 0.29) is 11.7 Å². The van der Waals surface area contributed by atoms with Gasteiger partial charge in [-0.2, -0.15) is 0 Å². The van der Waals surface area contributed by atoms with Gasteiger partial charge < -0.3 is 9.64 Å². The van der Waals surface area contributed by atoms with Crippen LogP contribution >= 0.6 is 0 Å². The second-order valence-electron chi connectivity index (χ2n) is 5.60. The molecule has 1 saturated heterocycles. The molecule has 5 nitrogen and oxygen atoms in total. The maximum absolute atomic E-state index is 12.2. The minimum absolute atomic E-state index is 0.364. The summed E-state index contributed by atoms with van der Waals surface area (Å²) in [7, 11) is 0. The van der Waals surface area contributed by atoms with Gasteiger partial charge in [-0.25, -0.2) is 0 Å². The molecule has 0 spiro atoms. The van der Waals surface area contributed by atoms with Crippen molar-refractivity contribution in [3.05, 3.63) is 29.3 Å². The van der Waals surface area contributed by atoms with Gasteiger partial charge in [0.2, 0.25) is 0 Å². The van der Waals surface area contributed by atoms with Gasteiger partial charge in [0, 0.05) is 0 Å². The second-order valence-corrected chi connectivity index (χ2v) is 5.60. The minimum Gasteiger partial charge on any atom is -0.370 e. The lowest BCUT2D eigenvalue weighted by Gasteiger charge is -2.26. The number of carbonyl (C=O) groups excluding carboxylic acids is 2. The first-order valence-electron chi connectivity index (χ1n) is 7.61. The summed E-state index contributed by atoms with van der Waals surface area (Å²) in [6, 6.07) is 5.77. The highest BCUT2D eigenvalue weighted by Crippen LogP contribution is 2.29. The molecule has 2 heterocycles. The molecule has 112 valence electrons. The minimum atomic E-state index is -0.383. The quantitative estimate of drug-likeness (QED) is 0.774. The second kappa shape index (κ2) is 5.95. The molecule has 1 fully saturated rings. The van der Waals surface area contributed by atoms with Crippen molar-refractivity contribution in [2.75, 3.05) is 44.3 Å². The molecule has 3 rings (SSSR count). The van der Waals surface area contributed by atoms with Gasteiger partial charge in [-0.3, -0.25) is 14.5 Å². The molecular formula is C16H21N2O3+. The molecule has 21 heavy (non-hydrogen) atoms. The number of ether oxygens (including phenoxy) is 1. The summed E-state index contributed by atoms with van der Waals surface area (Å²) >= 11 is 0. The number of morpholine rings is 1. The third-order valence-corrected chi connectivity index (χ3v) is 4.33. The standard InChI is InChI=1S/C16H20N2O3/c1-2-12-3-4-14-13(11-12)15(19)16(20)18(14)6-5-17-7-9-21-10-8-17/h3-4,11H,2,5-10H2,1H3/p+1. The lowest BCUT2D eigenvalue weighted by molar-refractivity contribution is -0.906. The van der Waals surface area contributed by atoms with E-state index in [1.165, 1.54) is 4.90 Å². The number of carbonyl (C=O) groups is 2. The van der Waals surface area contributed by atoms with Crippen LogP contribution in [0, 0.1) is 0 Å². The van der Waals surface area contributed by atoms with Gasteiger partial charge >= 0.3 is 0 Å². The Kier molecular flexibility index (Phi) is 4.03. The number of ketones is 1. The molecule has 2 aliphatic rings. The number of fused-ring (bicyclic) bond motifs is 1. The van der Waals surface area contributed by atoms with E-state index in [2.05, 4.69) is 0 Å². The number of rotatable bonds is 4. The van der Waals surface area contributed by atoms with E-state index in [1.54, 1.807) is 4.90 Å². The Morgan fingerprint density at radius 2 is 2.00 bits per heavy atom. The normalized spacial score (nSPS) is 19.2. The summed E-state index contributed by atoms with van der Waals surface area (Å²) in [6.45, 7) is 6.99. The number of hydrogen-bond acceptors (Lipinski definition) is 3. The number of nitrogens with one attached hydrogen (secondary N) is 1. The number of Topliss-reactive ketones (excluding diaryl/α,β-unsaturated/α-hetero) is 1. The number of benzene rings is 1. The topological polar surface area (TPSA) is 51.0 Å². The molecule has 0 radical (unpaired) electrons. The van der Waals surface area contributed by atoms with Crippen LogP contribution in [0.1, 0.15) is 22.8 Å². The van der Waals surface area contributed by atoms with Crippen molar-refractivity contribution in [3.8, 4) is 0 Å². The van der Waals surface area contributed by atoms with Crippen LogP contribution in [0.2, 0.25) is 0 Å². The van der Waals surface area contributed by atoms with Crippen molar-refractivity contribution >= 4 is 17.4 Å². The summed E-state index contributed by atoms with van der Waals surface area (Å²) in [5.74, 6) is -0.747. The van der Waals surface area contributed by atoms with Gasteiger partial charge in [0.05, 0.1) is 37.6 Å². The fourth-order valence-corrected chi connectivity index (χ4v) is 2.97. The fraction of sp³-hybridized carbons (Fsp3) is 0.500. The van der Waals surface area contributed by atoms with E-state index >= 15 is 0 Å². The smallest absolute Gasteiger partial charge is 0.299 e. The van der Waals surface area contributed by atoms with Crippen LogP contribution in [0.15, 0.2) is 18.2 Å². The Morgan fingerprint density at radius 3 is 2.71 bits per heavy atom. The van der Waals surface area contributed by atoms with Gasteiger partial charge in [-0.15, -0.1) is 0 Å². The van der Waals surface area contributed by atoms with Gasteiger partial charge in [-0.1, -0.05) is 13.0 Å². The predicted octanol–water partition coefficient (Wildman–Crippen LogP) is -0.307. The molecule has 0 atom stereocenters. The number of amides is 1. The highest BCUT2D eigenvalue weighted by Gasteiger charge is 2.36. The molecule has 0 aromatic heterocycles. The number of hydrogen-bond donors (Lipinski definition) is 1. The molecule has 0 unspecified atom stereocenters. The van der Waals surface area contributed by atoms with Gasteiger partial charge in [0.1, 0.15) is 13.1 Å². The Hall–Kier alpha value is -1.72. The zero-order chi connectivity index (χ0) is 14.8. The fourth-order valence-electron chi connectivity index (χ4n) is 2.97. The first-order chi connectivity index (χ1) is 10.2. The van der Waals surface area contributed by atoms with Crippen LogP contribution in [0.25, 0.3) is 0 Å². The predicted molar refractivity (Wildman–Crippen MR) is 78.9 cm³/mol. The van der Waals surface area contributed by atoms with Crippen LogP contribution in [-0.2, 0) is 16.0 Å². The summed E-state index contributed by atoms with van der Waals surface area (Å²) in [4.78, 5) is 27.4. The zero-order valence-corrected chi connectivity index (χ0v) is 12.4. The lowest BCUT2D eigenvalue weighted by atomic mass is 10.1. The van der Waals surface area contributed by atoms with Gasteiger partial charge in [-0.05, 0) is 24.1 Å². The van der Waals surface area contributed by atoms with E-state index in [1.807, 2.05) is 25.1 Å².